The van der Waals surface area contributed by atoms with Gasteiger partial charge < -0.3 is 0 Å². The predicted octanol–water partition coefficient (Wildman–Crippen LogP) is 6.17. The molecule has 0 aliphatic heterocycles. The molecular formula is C22H28Si. The van der Waals surface area contributed by atoms with E-state index in [1.54, 1.807) is 0 Å². The summed E-state index contributed by atoms with van der Waals surface area (Å²) in [7, 11) is -1.30. The van der Waals surface area contributed by atoms with Gasteiger partial charge in [0.2, 0.25) is 0 Å². The van der Waals surface area contributed by atoms with Gasteiger partial charge in [-0.05, 0) is 41.2 Å². The van der Waals surface area contributed by atoms with Crippen LogP contribution < -0.4 is 0 Å². The first kappa shape index (κ1) is 17.6. The molecule has 0 N–H and O–H groups in total. The highest BCUT2D eigenvalue weighted by Crippen LogP contribution is 2.21. The quantitative estimate of drug-likeness (QED) is 0.467. The fraction of sp³-hybridized carbons (Fsp3) is 0.364. The molecule has 1 unspecified atom stereocenters. The van der Waals surface area contributed by atoms with Crippen LogP contribution in [0.2, 0.25) is 19.6 Å². The highest BCUT2D eigenvalue weighted by Gasteiger charge is 2.07. The van der Waals surface area contributed by atoms with Crippen LogP contribution in [0.25, 0.3) is 11.1 Å². The molecule has 0 saturated heterocycles. The average Bonchev–Trinajstić information content (AvgIpc) is 2.53. The molecule has 0 aromatic heterocycles. The summed E-state index contributed by atoms with van der Waals surface area (Å²) >= 11 is 0. The number of hydrogen-bond acceptors (Lipinski definition) is 0. The van der Waals surface area contributed by atoms with Crippen LogP contribution in [0, 0.1) is 17.4 Å². The molecule has 0 heterocycles. The van der Waals surface area contributed by atoms with Crippen molar-refractivity contribution >= 4 is 8.07 Å². The molecule has 23 heavy (non-hydrogen) atoms. The SMILES string of the molecule is CCC(C)Cc1ccc(-c2ccc(C#C[Si](C)(C)C)cc2)cc1. The maximum Gasteiger partial charge on any atom is 0.129 e. The Bertz CT molecular complexity index is 676. The third kappa shape index (κ3) is 5.73. The number of benzene rings is 2. The lowest BCUT2D eigenvalue weighted by molar-refractivity contribution is 0.560. The van der Waals surface area contributed by atoms with E-state index in [-0.39, 0.29) is 0 Å². The van der Waals surface area contributed by atoms with E-state index in [0.717, 1.165) is 11.5 Å². The van der Waals surface area contributed by atoms with Crippen LogP contribution >= 0.6 is 0 Å². The smallest absolute Gasteiger partial charge is 0.127 e. The van der Waals surface area contributed by atoms with Crippen molar-refractivity contribution in [1.82, 2.24) is 0 Å². The summed E-state index contributed by atoms with van der Waals surface area (Å²) < 4.78 is 0. The van der Waals surface area contributed by atoms with Gasteiger partial charge in [0.15, 0.2) is 0 Å². The van der Waals surface area contributed by atoms with Crippen molar-refractivity contribution in [2.24, 2.45) is 5.92 Å². The Balaban J connectivity index is 2.11. The molecule has 1 atom stereocenters. The molecule has 2 aromatic carbocycles. The molecule has 0 fully saturated rings. The van der Waals surface area contributed by atoms with Crippen LogP contribution in [0.3, 0.4) is 0 Å². The summed E-state index contributed by atoms with van der Waals surface area (Å²) in [5, 5.41) is 0. The summed E-state index contributed by atoms with van der Waals surface area (Å²) in [5.41, 5.74) is 8.51. The van der Waals surface area contributed by atoms with Crippen molar-refractivity contribution < 1.29 is 0 Å². The molecule has 0 radical (unpaired) electrons. The molecule has 0 aliphatic carbocycles. The molecule has 0 bridgehead atoms. The Hall–Kier alpha value is -1.78. The minimum Gasteiger partial charge on any atom is -0.127 e. The van der Waals surface area contributed by atoms with Gasteiger partial charge >= 0.3 is 0 Å². The van der Waals surface area contributed by atoms with Gasteiger partial charge in [0.05, 0.1) is 0 Å². The lowest BCUT2D eigenvalue weighted by Crippen LogP contribution is -2.16. The van der Waals surface area contributed by atoms with Gasteiger partial charge in [-0.15, -0.1) is 5.54 Å². The largest absolute Gasteiger partial charge is 0.129 e. The standard InChI is InChI=1S/C22H28Si/c1-6-18(2)17-20-9-13-22(14-10-20)21-11-7-19(8-12-21)15-16-23(3,4)5/h7-14,18H,6,17H2,1-5H3. The van der Waals surface area contributed by atoms with Crippen molar-refractivity contribution in [1.29, 1.82) is 0 Å². The molecular weight excluding hydrogens is 292 g/mol. The van der Waals surface area contributed by atoms with E-state index >= 15 is 0 Å². The topological polar surface area (TPSA) is 0 Å². The van der Waals surface area contributed by atoms with E-state index in [2.05, 4.69) is 93.5 Å². The molecule has 0 saturated carbocycles. The fourth-order valence-corrected chi connectivity index (χ4v) is 2.91. The first-order chi connectivity index (χ1) is 10.9. The van der Waals surface area contributed by atoms with Crippen LogP contribution in [0.5, 0.6) is 0 Å². The Morgan fingerprint density at radius 3 is 1.87 bits per heavy atom. The van der Waals surface area contributed by atoms with E-state index in [0.29, 0.717) is 0 Å². The van der Waals surface area contributed by atoms with E-state index < -0.39 is 8.07 Å². The summed E-state index contributed by atoms with van der Waals surface area (Å²) in [5.74, 6) is 4.07. The van der Waals surface area contributed by atoms with Crippen LogP contribution in [-0.2, 0) is 6.42 Å². The van der Waals surface area contributed by atoms with E-state index in [1.165, 1.54) is 29.5 Å². The monoisotopic (exact) mass is 320 g/mol. The lowest BCUT2D eigenvalue weighted by atomic mass is 9.96. The Labute approximate surface area is 143 Å². The Morgan fingerprint density at radius 1 is 0.870 bits per heavy atom. The van der Waals surface area contributed by atoms with Gasteiger partial charge in [0.25, 0.3) is 0 Å². The van der Waals surface area contributed by atoms with Gasteiger partial charge in [-0.2, -0.15) is 0 Å². The first-order valence-electron chi connectivity index (χ1n) is 8.60. The van der Waals surface area contributed by atoms with Crippen molar-refractivity contribution in [3.05, 3.63) is 59.7 Å². The van der Waals surface area contributed by atoms with Crippen molar-refractivity contribution in [2.45, 2.75) is 46.3 Å². The van der Waals surface area contributed by atoms with Crippen molar-refractivity contribution in [3.63, 3.8) is 0 Å². The number of rotatable bonds is 4. The molecule has 0 spiro atoms. The maximum absolute atomic E-state index is 3.42. The Kier molecular flexibility index (Phi) is 5.85. The second-order valence-corrected chi connectivity index (χ2v) is 12.2. The molecule has 2 aromatic rings. The average molecular weight is 321 g/mol. The molecule has 0 nitrogen and oxygen atoms in total. The van der Waals surface area contributed by atoms with Gasteiger partial charge in [0, 0.05) is 5.56 Å². The minimum atomic E-state index is -1.30. The van der Waals surface area contributed by atoms with Crippen LogP contribution in [0.4, 0.5) is 0 Å². The van der Waals surface area contributed by atoms with Crippen molar-refractivity contribution in [2.75, 3.05) is 0 Å². The van der Waals surface area contributed by atoms with Gasteiger partial charge in [-0.3, -0.25) is 0 Å². The summed E-state index contributed by atoms with van der Waals surface area (Å²) in [4.78, 5) is 0. The van der Waals surface area contributed by atoms with E-state index in [9.17, 15) is 0 Å². The third-order valence-electron chi connectivity index (χ3n) is 4.04. The molecule has 2 rings (SSSR count). The van der Waals surface area contributed by atoms with Gasteiger partial charge in [-0.25, -0.2) is 0 Å². The fourth-order valence-electron chi connectivity index (χ4n) is 2.39. The predicted molar refractivity (Wildman–Crippen MR) is 105 cm³/mol. The summed E-state index contributed by atoms with van der Waals surface area (Å²) in [6.45, 7) is 11.4. The van der Waals surface area contributed by atoms with Crippen LogP contribution in [0.1, 0.15) is 31.4 Å². The zero-order valence-electron chi connectivity index (χ0n) is 15.1. The second-order valence-electron chi connectivity index (χ2n) is 7.49. The number of hydrogen-bond donors (Lipinski definition) is 0. The molecule has 0 amide bonds. The van der Waals surface area contributed by atoms with Gasteiger partial charge in [-0.1, -0.05) is 82.2 Å². The summed E-state index contributed by atoms with van der Waals surface area (Å²) in [6, 6.07) is 17.6. The Morgan fingerprint density at radius 2 is 1.39 bits per heavy atom. The first-order valence-corrected chi connectivity index (χ1v) is 12.1. The third-order valence-corrected chi connectivity index (χ3v) is 4.91. The highest BCUT2D eigenvalue weighted by molar-refractivity contribution is 6.83. The zero-order valence-corrected chi connectivity index (χ0v) is 16.1. The lowest BCUT2D eigenvalue weighted by Gasteiger charge is -2.09. The molecule has 0 aliphatic rings. The van der Waals surface area contributed by atoms with E-state index in [1.807, 2.05) is 0 Å². The molecule has 1 heteroatoms. The van der Waals surface area contributed by atoms with Gasteiger partial charge in [0.1, 0.15) is 8.07 Å². The summed E-state index contributed by atoms with van der Waals surface area (Å²) in [6.07, 6.45) is 2.41. The molecule has 120 valence electrons. The van der Waals surface area contributed by atoms with Crippen molar-refractivity contribution in [3.8, 4) is 22.6 Å². The van der Waals surface area contributed by atoms with Crippen LogP contribution in [-0.4, -0.2) is 8.07 Å². The van der Waals surface area contributed by atoms with E-state index in [4.69, 9.17) is 0 Å². The van der Waals surface area contributed by atoms with Crippen LogP contribution in [0.15, 0.2) is 48.5 Å². The maximum atomic E-state index is 3.42. The minimum absolute atomic E-state index is 0.755. The second kappa shape index (κ2) is 7.66. The zero-order chi connectivity index (χ0) is 16.9. The highest BCUT2D eigenvalue weighted by atomic mass is 28.3. The normalized spacial score (nSPS) is 12.4.